The van der Waals surface area contributed by atoms with Crippen LogP contribution in [0.2, 0.25) is 0 Å². The summed E-state index contributed by atoms with van der Waals surface area (Å²) in [6, 6.07) is 23.9. The monoisotopic (exact) mass is 442 g/mol. The van der Waals surface area contributed by atoms with Crippen LogP contribution in [-0.2, 0) is 11.2 Å². The number of amides is 3. The van der Waals surface area contributed by atoms with E-state index in [1.165, 1.54) is 11.3 Å². The number of rotatable bonds is 6. The summed E-state index contributed by atoms with van der Waals surface area (Å²) in [5.74, 6) is -0.116. The van der Waals surface area contributed by atoms with Crippen molar-refractivity contribution < 1.29 is 9.59 Å². The minimum absolute atomic E-state index is 0.116. The van der Waals surface area contributed by atoms with Gasteiger partial charge in [-0.3, -0.25) is 9.69 Å². The fraction of sp³-hybridized carbons (Fsp3) is 0.160. The van der Waals surface area contributed by atoms with Gasteiger partial charge in [0.2, 0.25) is 5.91 Å². The van der Waals surface area contributed by atoms with E-state index in [0.29, 0.717) is 23.9 Å². The van der Waals surface area contributed by atoms with E-state index in [1.807, 2.05) is 53.9 Å². The Bertz CT molecular complexity index is 1270. The zero-order valence-corrected chi connectivity index (χ0v) is 18.1. The molecule has 2 heterocycles. The third-order valence-electron chi connectivity index (χ3n) is 5.54. The van der Waals surface area contributed by atoms with Gasteiger partial charge in [-0.05, 0) is 21.9 Å². The molecule has 0 aliphatic carbocycles. The van der Waals surface area contributed by atoms with Gasteiger partial charge in [0.05, 0.1) is 18.2 Å². The van der Waals surface area contributed by atoms with E-state index in [9.17, 15) is 9.59 Å². The zero-order chi connectivity index (χ0) is 21.9. The number of anilines is 1. The Balaban J connectivity index is 1.40. The molecular formula is C25H22N4O2S. The fourth-order valence-corrected chi connectivity index (χ4v) is 4.87. The normalized spacial score (nSPS) is 14.4. The minimum Gasteiger partial charge on any atom is -0.345 e. The molecule has 1 aliphatic heterocycles. The standard InChI is InChI=1S/C25H22N4O2S/c30-22(15-19-16-32-25(27-19)29-14-13-26-24(29)31)28-23(18-8-2-1-3-9-18)21-12-6-10-17-7-4-5-11-20(17)21/h1-12,16,23H,13-15H2,(H,26,31)(H,28,30). The first-order valence-electron chi connectivity index (χ1n) is 10.5. The second kappa shape index (κ2) is 8.80. The summed E-state index contributed by atoms with van der Waals surface area (Å²) < 4.78 is 0. The molecule has 0 radical (unpaired) electrons. The SMILES string of the molecule is O=C(Cc1csc(N2CCNC2=O)n1)NC(c1ccccc1)c1cccc2ccccc12. The van der Waals surface area contributed by atoms with Crippen LogP contribution in [0.5, 0.6) is 0 Å². The molecule has 1 aromatic heterocycles. The molecule has 32 heavy (non-hydrogen) atoms. The lowest BCUT2D eigenvalue weighted by atomic mass is 9.93. The Morgan fingerprint density at radius 2 is 1.84 bits per heavy atom. The first-order valence-corrected chi connectivity index (χ1v) is 11.4. The Morgan fingerprint density at radius 3 is 2.66 bits per heavy atom. The van der Waals surface area contributed by atoms with Crippen molar-refractivity contribution >= 4 is 39.2 Å². The van der Waals surface area contributed by atoms with Crippen molar-refractivity contribution in [3.63, 3.8) is 0 Å². The highest BCUT2D eigenvalue weighted by Gasteiger charge is 2.25. The molecule has 160 valence electrons. The predicted molar refractivity (Wildman–Crippen MR) is 127 cm³/mol. The highest BCUT2D eigenvalue weighted by molar-refractivity contribution is 7.14. The average molecular weight is 443 g/mol. The molecule has 3 aromatic carbocycles. The van der Waals surface area contributed by atoms with Crippen LogP contribution in [0.15, 0.2) is 78.2 Å². The molecule has 6 nitrogen and oxygen atoms in total. The molecule has 1 unspecified atom stereocenters. The van der Waals surface area contributed by atoms with Crippen molar-refractivity contribution in [1.82, 2.24) is 15.6 Å². The van der Waals surface area contributed by atoms with Crippen LogP contribution in [0, 0.1) is 0 Å². The highest BCUT2D eigenvalue weighted by Crippen LogP contribution is 2.29. The second-order valence-corrected chi connectivity index (χ2v) is 8.50. The van der Waals surface area contributed by atoms with E-state index in [1.54, 1.807) is 4.90 Å². The Labute approximate surface area is 189 Å². The van der Waals surface area contributed by atoms with Crippen LogP contribution < -0.4 is 15.5 Å². The lowest BCUT2D eigenvalue weighted by Gasteiger charge is -2.21. The van der Waals surface area contributed by atoms with Gasteiger partial charge >= 0.3 is 6.03 Å². The lowest BCUT2D eigenvalue weighted by molar-refractivity contribution is -0.121. The van der Waals surface area contributed by atoms with Crippen LogP contribution in [0.3, 0.4) is 0 Å². The molecule has 7 heteroatoms. The van der Waals surface area contributed by atoms with E-state index in [2.05, 4.69) is 39.9 Å². The number of fused-ring (bicyclic) bond motifs is 1. The topological polar surface area (TPSA) is 74.3 Å². The Morgan fingerprint density at radius 1 is 1.06 bits per heavy atom. The molecule has 4 aromatic rings. The van der Waals surface area contributed by atoms with Crippen molar-refractivity contribution in [3.8, 4) is 0 Å². The van der Waals surface area contributed by atoms with Crippen LogP contribution in [0.25, 0.3) is 10.8 Å². The maximum atomic E-state index is 13.1. The second-order valence-electron chi connectivity index (χ2n) is 7.66. The summed E-state index contributed by atoms with van der Waals surface area (Å²) in [4.78, 5) is 31.1. The molecule has 2 N–H and O–H groups in total. The summed E-state index contributed by atoms with van der Waals surface area (Å²) in [5.41, 5.74) is 2.73. The van der Waals surface area contributed by atoms with Crippen molar-refractivity contribution in [1.29, 1.82) is 0 Å². The number of nitrogens with zero attached hydrogens (tertiary/aromatic N) is 2. The molecule has 0 bridgehead atoms. The third-order valence-corrected chi connectivity index (χ3v) is 6.45. The predicted octanol–water partition coefficient (Wildman–Crippen LogP) is 4.27. The highest BCUT2D eigenvalue weighted by atomic mass is 32.1. The maximum Gasteiger partial charge on any atom is 0.323 e. The summed E-state index contributed by atoms with van der Waals surface area (Å²) in [5, 5.41) is 10.7. The summed E-state index contributed by atoms with van der Waals surface area (Å²) in [6.45, 7) is 1.20. The average Bonchev–Trinajstić information content (AvgIpc) is 3.46. The van der Waals surface area contributed by atoms with Gasteiger partial charge in [-0.15, -0.1) is 11.3 Å². The molecule has 0 spiro atoms. The van der Waals surface area contributed by atoms with Gasteiger partial charge in [0.25, 0.3) is 0 Å². The van der Waals surface area contributed by atoms with E-state index >= 15 is 0 Å². The van der Waals surface area contributed by atoms with E-state index < -0.39 is 0 Å². The molecule has 1 aliphatic rings. The van der Waals surface area contributed by atoms with E-state index in [-0.39, 0.29) is 24.4 Å². The number of urea groups is 1. The van der Waals surface area contributed by atoms with Crippen molar-refractivity contribution in [2.24, 2.45) is 0 Å². The quantitative estimate of drug-likeness (QED) is 0.468. The maximum absolute atomic E-state index is 13.1. The fourth-order valence-electron chi connectivity index (χ4n) is 4.02. The van der Waals surface area contributed by atoms with Crippen molar-refractivity contribution in [2.75, 3.05) is 18.0 Å². The molecule has 1 fully saturated rings. The first-order chi connectivity index (χ1) is 15.7. The molecule has 3 amide bonds. The Hall–Kier alpha value is -3.71. The van der Waals surface area contributed by atoms with Crippen LogP contribution in [-0.4, -0.2) is 30.0 Å². The smallest absolute Gasteiger partial charge is 0.323 e. The molecule has 5 rings (SSSR count). The summed E-state index contributed by atoms with van der Waals surface area (Å²) >= 11 is 1.38. The zero-order valence-electron chi connectivity index (χ0n) is 17.3. The van der Waals surface area contributed by atoms with Crippen LogP contribution >= 0.6 is 11.3 Å². The summed E-state index contributed by atoms with van der Waals surface area (Å²) in [6.07, 6.45) is 0.153. The van der Waals surface area contributed by atoms with Crippen LogP contribution in [0.4, 0.5) is 9.93 Å². The number of hydrogen-bond acceptors (Lipinski definition) is 4. The number of carbonyl (C=O) groups excluding carboxylic acids is 2. The number of carbonyl (C=O) groups is 2. The van der Waals surface area contributed by atoms with Gasteiger partial charge in [0, 0.05) is 18.5 Å². The van der Waals surface area contributed by atoms with Gasteiger partial charge in [-0.25, -0.2) is 9.78 Å². The number of hydrogen-bond donors (Lipinski definition) is 2. The van der Waals surface area contributed by atoms with Gasteiger partial charge in [-0.1, -0.05) is 72.8 Å². The van der Waals surface area contributed by atoms with Gasteiger partial charge in [0.1, 0.15) is 0 Å². The van der Waals surface area contributed by atoms with Gasteiger partial charge < -0.3 is 10.6 Å². The molecule has 0 saturated carbocycles. The van der Waals surface area contributed by atoms with Crippen molar-refractivity contribution in [3.05, 3.63) is 95.0 Å². The first kappa shape index (κ1) is 20.2. The molecule has 1 saturated heterocycles. The number of aromatic nitrogens is 1. The van der Waals surface area contributed by atoms with E-state index in [0.717, 1.165) is 21.9 Å². The Kier molecular flexibility index (Phi) is 5.56. The lowest BCUT2D eigenvalue weighted by Crippen LogP contribution is -2.31. The summed E-state index contributed by atoms with van der Waals surface area (Å²) in [7, 11) is 0. The van der Waals surface area contributed by atoms with E-state index in [4.69, 9.17) is 0 Å². The van der Waals surface area contributed by atoms with Gasteiger partial charge in [-0.2, -0.15) is 0 Å². The third kappa shape index (κ3) is 4.07. The molecule has 1 atom stereocenters. The largest absolute Gasteiger partial charge is 0.345 e. The van der Waals surface area contributed by atoms with Gasteiger partial charge in [0.15, 0.2) is 5.13 Å². The number of nitrogens with one attached hydrogen (secondary N) is 2. The molecular weight excluding hydrogens is 420 g/mol. The van der Waals surface area contributed by atoms with Crippen molar-refractivity contribution in [2.45, 2.75) is 12.5 Å². The number of thiazole rings is 1. The minimum atomic E-state index is -0.280. The number of benzene rings is 3. The van der Waals surface area contributed by atoms with Crippen LogP contribution in [0.1, 0.15) is 22.9 Å².